The molecular formula is C18H22N+. The van der Waals surface area contributed by atoms with Gasteiger partial charge in [-0.15, -0.1) is 0 Å². The van der Waals surface area contributed by atoms with Crippen LogP contribution in [0.5, 0.6) is 0 Å². The first-order valence-electron chi connectivity index (χ1n) is 6.70. The van der Waals surface area contributed by atoms with Gasteiger partial charge in [0.1, 0.15) is 7.05 Å². The molecule has 0 radical (unpaired) electrons. The van der Waals surface area contributed by atoms with Gasteiger partial charge < -0.3 is 0 Å². The summed E-state index contributed by atoms with van der Waals surface area (Å²) in [5.74, 6) is 0. The third kappa shape index (κ3) is 3.54. The molecule has 2 aromatic rings. The molecule has 0 N–H and O–H groups in total. The lowest BCUT2D eigenvalue weighted by atomic mass is 9.87. The molecule has 1 heterocycles. The molecule has 0 atom stereocenters. The third-order valence-corrected chi connectivity index (χ3v) is 3.32. The highest BCUT2D eigenvalue weighted by molar-refractivity contribution is 5.67. The summed E-state index contributed by atoms with van der Waals surface area (Å²) in [4.78, 5) is 0. The van der Waals surface area contributed by atoms with Gasteiger partial charge in [-0.1, -0.05) is 45.0 Å². The van der Waals surface area contributed by atoms with Crippen LogP contribution < -0.4 is 4.57 Å². The lowest BCUT2D eigenvalue weighted by Crippen LogP contribution is -2.30. The molecule has 0 amide bonds. The second-order valence-electron chi connectivity index (χ2n) is 5.94. The minimum atomic E-state index is 0.216. The normalized spacial score (nSPS) is 12.0. The number of hydrogen-bond donors (Lipinski definition) is 0. The number of hydrogen-bond acceptors (Lipinski definition) is 0. The molecule has 0 bridgehead atoms. The second-order valence-corrected chi connectivity index (χ2v) is 5.94. The van der Waals surface area contributed by atoms with Crippen molar-refractivity contribution in [2.24, 2.45) is 7.05 Å². The van der Waals surface area contributed by atoms with Gasteiger partial charge in [-0.05, 0) is 28.7 Å². The van der Waals surface area contributed by atoms with E-state index in [1.807, 2.05) is 6.07 Å². The Morgan fingerprint density at radius 1 is 0.895 bits per heavy atom. The molecule has 1 heteroatoms. The van der Waals surface area contributed by atoms with E-state index >= 15 is 0 Å². The quantitative estimate of drug-likeness (QED) is 0.712. The SMILES string of the molecule is C[n+]1ccccc1C=Cc1ccc(C(C)(C)C)cc1. The van der Waals surface area contributed by atoms with E-state index in [-0.39, 0.29) is 5.41 Å². The molecule has 19 heavy (non-hydrogen) atoms. The maximum Gasteiger partial charge on any atom is 0.204 e. The predicted molar refractivity (Wildman–Crippen MR) is 81.7 cm³/mol. The molecule has 0 aliphatic heterocycles. The van der Waals surface area contributed by atoms with E-state index in [0.717, 1.165) is 0 Å². The van der Waals surface area contributed by atoms with E-state index in [9.17, 15) is 0 Å². The highest BCUT2D eigenvalue weighted by atomic mass is 14.9. The van der Waals surface area contributed by atoms with E-state index in [2.05, 4.69) is 87.1 Å². The zero-order valence-electron chi connectivity index (χ0n) is 12.2. The average molecular weight is 252 g/mol. The molecule has 98 valence electrons. The number of benzene rings is 1. The third-order valence-electron chi connectivity index (χ3n) is 3.32. The largest absolute Gasteiger partial charge is 0.204 e. The van der Waals surface area contributed by atoms with Crippen LogP contribution in [0.25, 0.3) is 12.2 Å². The smallest absolute Gasteiger partial charge is 0.202 e. The molecule has 1 nitrogen and oxygen atoms in total. The average Bonchev–Trinajstić information content (AvgIpc) is 2.37. The van der Waals surface area contributed by atoms with Gasteiger partial charge in [0.05, 0.1) is 0 Å². The van der Waals surface area contributed by atoms with Gasteiger partial charge >= 0.3 is 0 Å². The first kappa shape index (κ1) is 13.5. The van der Waals surface area contributed by atoms with Gasteiger partial charge in [-0.3, -0.25) is 0 Å². The number of rotatable bonds is 2. The summed E-state index contributed by atoms with van der Waals surface area (Å²) in [5, 5.41) is 0. The van der Waals surface area contributed by atoms with Crippen molar-refractivity contribution in [2.75, 3.05) is 0 Å². The highest BCUT2D eigenvalue weighted by Crippen LogP contribution is 2.22. The van der Waals surface area contributed by atoms with Gasteiger partial charge in [-0.2, -0.15) is 0 Å². The van der Waals surface area contributed by atoms with Crippen LogP contribution in [0, 0.1) is 0 Å². The molecule has 0 unspecified atom stereocenters. The van der Waals surface area contributed by atoms with Crippen LogP contribution in [0.15, 0.2) is 48.7 Å². The monoisotopic (exact) mass is 252 g/mol. The van der Waals surface area contributed by atoms with Gasteiger partial charge in [0.25, 0.3) is 0 Å². The molecule has 0 saturated heterocycles. The van der Waals surface area contributed by atoms with Gasteiger partial charge in [0, 0.05) is 18.2 Å². The zero-order chi connectivity index (χ0) is 13.9. The van der Waals surface area contributed by atoms with Crippen molar-refractivity contribution in [3.05, 3.63) is 65.5 Å². The lowest BCUT2D eigenvalue weighted by Gasteiger charge is -2.18. The molecule has 0 aliphatic carbocycles. The number of pyridine rings is 1. The summed E-state index contributed by atoms with van der Waals surface area (Å²) in [6.07, 6.45) is 6.36. The molecule has 2 rings (SSSR count). The van der Waals surface area contributed by atoms with Gasteiger partial charge in [-0.25, -0.2) is 4.57 Å². The molecule has 1 aromatic carbocycles. The summed E-state index contributed by atoms with van der Waals surface area (Å²) in [6.45, 7) is 6.71. The lowest BCUT2D eigenvalue weighted by molar-refractivity contribution is -0.673. The zero-order valence-corrected chi connectivity index (χ0v) is 12.2. The fraction of sp³-hybridized carbons (Fsp3) is 0.278. The first-order valence-corrected chi connectivity index (χ1v) is 6.70. The van der Waals surface area contributed by atoms with E-state index in [0.29, 0.717) is 0 Å². The van der Waals surface area contributed by atoms with Crippen molar-refractivity contribution in [3.63, 3.8) is 0 Å². The van der Waals surface area contributed by atoms with Crippen molar-refractivity contribution in [2.45, 2.75) is 26.2 Å². The summed E-state index contributed by atoms with van der Waals surface area (Å²) >= 11 is 0. The van der Waals surface area contributed by atoms with Crippen LogP contribution in [-0.4, -0.2) is 0 Å². The molecule has 0 spiro atoms. The minimum Gasteiger partial charge on any atom is -0.202 e. The number of nitrogens with zero attached hydrogens (tertiary/aromatic N) is 1. The van der Waals surface area contributed by atoms with E-state index in [1.165, 1.54) is 16.8 Å². The van der Waals surface area contributed by atoms with Crippen LogP contribution >= 0.6 is 0 Å². The molecular weight excluding hydrogens is 230 g/mol. The van der Waals surface area contributed by atoms with Crippen LogP contribution in [0.4, 0.5) is 0 Å². The Balaban J connectivity index is 2.19. The van der Waals surface area contributed by atoms with Crippen LogP contribution in [0.2, 0.25) is 0 Å². The Hall–Kier alpha value is -1.89. The predicted octanol–water partition coefficient (Wildman–Crippen LogP) is 3.98. The number of aromatic nitrogens is 1. The summed E-state index contributed by atoms with van der Waals surface area (Å²) in [6, 6.07) is 15.0. The van der Waals surface area contributed by atoms with E-state index < -0.39 is 0 Å². The summed E-state index contributed by atoms with van der Waals surface area (Å²) in [5.41, 5.74) is 4.02. The minimum absolute atomic E-state index is 0.216. The number of aryl methyl sites for hydroxylation is 1. The highest BCUT2D eigenvalue weighted by Gasteiger charge is 2.12. The fourth-order valence-electron chi connectivity index (χ4n) is 1.99. The topological polar surface area (TPSA) is 3.88 Å². The molecule has 0 aliphatic rings. The van der Waals surface area contributed by atoms with Crippen molar-refractivity contribution < 1.29 is 4.57 Å². The standard InChI is InChI=1S/C18H22N/c1-18(2,3)16-11-8-15(9-12-16)10-13-17-7-5-6-14-19(17)4/h5-14H,1-4H3/q+1. The van der Waals surface area contributed by atoms with Gasteiger partial charge in [0.2, 0.25) is 5.69 Å². The summed E-state index contributed by atoms with van der Waals surface area (Å²) < 4.78 is 2.11. The van der Waals surface area contributed by atoms with E-state index in [4.69, 9.17) is 0 Å². The van der Waals surface area contributed by atoms with Crippen molar-refractivity contribution >= 4 is 12.2 Å². The molecule has 1 aromatic heterocycles. The van der Waals surface area contributed by atoms with Gasteiger partial charge in [0.15, 0.2) is 6.20 Å². The Labute approximate surface area is 116 Å². The van der Waals surface area contributed by atoms with Crippen molar-refractivity contribution in [3.8, 4) is 0 Å². The molecule has 0 saturated carbocycles. The Kier molecular flexibility index (Phi) is 3.84. The Morgan fingerprint density at radius 2 is 1.58 bits per heavy atom. The maximum atomic E-state index is 2.24. The first-order chi connectivity index (χ1) is 8.97. The van der Waals surface area contributed by atoms with Crippen LogP contribution in [0.3, 0.4) is 0 Å². The Bertz CT molecular complexity index is 571. The summed E-state index contributed by atoms with van der Waals surface area (Å²) in [7, 11) is 2.06. The van der Waals surface area contributed by atoms with Crippen molar-refractivity contribution in [1.82, 2.24) is 0 Å². The Morgan fingerprint density at radius 3 is 2.16 bits per heavy atom. The fourth-order valence-corrected chi connectivity index (χ4v) is 1.99. The van der Waals surface area contributed by atoms with Crippen molar-refractivity contribution in [1.29, 1.82) is 0 Å². The maximum absolute atomic E-state index is 2.24. The van der Waals surface area contributed by atoms with Crippen LogP contribution in [0.1, 0.15) is 37.6 Å². The molecule has 0 fully saturated rings. The second kappa shape index (κ2) is 5.40. The van der Waals surface area contributed by atoms with E-state index in [1.54, 1.807) is 0 Å². The van der Waals surface area contributed by atoms with Crippen LogP contribution in [-0.2, 0) is 12.5 Å².